The summed E-state index contributed by atoms with van der Waals surface area (Å²) in [6.07, 6.45) is 1.66. The molecule has 0 fully saturated rings. The summed E-state index contributed by atoms with van der Waals surface area (Å²) < 4.78 is 19.8. The van der Waals surface area contributed by atoms with Crippen molar-refractivity contribution in [1.29, 1.82) is 0 Å². The lowest BCUT2D eigenvalue weighted by Gasteiger charge is -2.11. The van der Waals surface area contributed by atoms with E-state index in [0.29, 0.717) is 5.75 Å². The second kappa shape index (κ2) is 6.77. The third-order valence-corrected chi connectivity index (χ3v) is 5.10. The third kappa shape index (κ3) is 3.13. The summed E-state index contributed by atoms with van der Waals surface area (Å²) in [5.41, 5.74) is 3.02. The summed E-state index contributed by atoms with van der Waals surface area (Å²) in [6, 6.07) is 23.3. The predicted octanol–water partition coefficient (Wildman–Crippen LogP) is 4.86. The number of aryl methyl sites for hydroxylation is 1. The van der Waals surface area contributed by atoms with Crippen LogP contribution in [-0.4, -0.2) is 20.0 Å². The molecule has 0 aliphatic heterocycles. The molecule has 0 spiro atoms. The van der Waals surface area contributed by atoms with Gasteiger partial charge in [-0.3, -0.25) is 8.78 Å². The fourth-order valence-corrected chi connectivity index (χ4v) is 3.56. The SMILES string of the molecule is Cc1nc2ccccc2n1-c1cccc(Oc2cccc(S(C)=O)c2)c1. The van der Waals surface area contributed by atoms with Crippen LogP contribution < -0.4 is 4.74 Å². The van der Waals surface area contributed by atoms with E-state index in [-0.39, 0.29) is 0 Å². The summed E-state index contributed by atoms with van der Waals surface area (Å²) in [6.45, 7) is 1.99. The maximum atomic E-state index is 11.7. The van der Waals surface area contributed by atoms with E-state index in [1.54, 1.807) is 12.3 Å². The Morgan fingerprint density at radius 1 is 0.923 bits per heavy atom. The molecule has 1 aromatic heterocycles. The van der Waals surface area contributed by atoms with E-state index in [1.807, 2.05) is 67.6 Å². The van der Waals surface area contributed by atoms with Gasteiger partial charge in [-0.15, -0.1) is 0 Å². The van der Waals surface area contributed by atoms with Gasteiger partial charge in [0.1, 0.15) is 17.3 Å². The standard InChI is InChI=1S/C21H18N2O2S/c1-15-22-20-11-3-4-12-21(20)23(15)16-7-5-8-17(13-16)25-18-9-6-10-19(14-18)26(2)24/h3-14H,1-2H3. The molecular weight excluding hydrogens is 344 g/mol. The fourth-order valence-electron chi connectivity index (χ4n) is 3.01. The summed E-state index contributed by atoms with van der Waals surface area (Å²) in [5, 5.41) is 0. The van der Waals surface area contributed by atoms with Gasteiger partial charge in [-0.25, -0.2) is 4.98 Å². The maximum Gasteiger partial charge on any atom is 0.129 e. The monoisotopic (exact) mass is 362 g/mol. The normalized spacial score (nSPS) is 12.2. The Kier molecular flexibility index (Phi) is 4.31. The molecule has 4 rings (SSSR count). The van der Waals surface area contributed by atoms with Crippen molar-refractivity contribution in [3.05, 3.63) is 78.6 Å². The average Bonchev–Trinajstić information content (AvgIpc) is 2.98. The molecule has 1 atom stereocenters. The molecule has 26 heavy (non-hydrogen) atoms. The molecule has 5 heteroatoms. The minimum absolute atomic E-state index is 0.669. The smallest absolute Gasteiger partial charge is 0.129 e. The van der Waals surface area contributed by atoms with E-state index in [2.05, 4.69) is 15.6 Å². The van der Waals surface area contributed by atoms with Gasteiger partial charge in [0, 0.05) is 28.0 Å². The quantitative estimate of drug-likeness (QED) is 0.520. The third-order valence-electron chi connectivity index (χ3n) is 4.18. The van der Waals surface area contributed by atoms with Gasteiger partial charge in [0.15, 0.2) is 0 Å². The van der Waals surface area contributed by atoms with E-state index in [0.717, 1.165) is 33.2 Å². The van der Waals surface area contributed by atoms with Gasteiger partial charge in [-0.1, -0.05) is 24.3 Å². The van der Waals surface area contributed by atoms with E-state index in [9.17, 15) is 4.21 Å². The second-order valence-electron chi connectivity index (χ2n) is 6.01. The molecule has 0 aliphatic rings. The van der Waals surface area contributed by atoms with Crippen molar-refractivity contribution in [2.24, 2.45) is 0 Å². The first-order chi connectivity index (χ1) is 12.6. The van der Waals surface area contributed by atoms with Gasteiger partial charge in [0.2, 0.25) is 0 Å². The van der Waals surface area contributed by atoms with Crippen molar-refractivity contribution in [3.8, 4) is 17.2 Å². The van der Waals surface area contributed by atoms with Crippen molar-refractivity contribution >= 4 is 21.8 Å². The molecule has 4 nitrogen and oxygen atoms in total. The van der Waals surface area contributed by atoms with Gasteiger partial charge >= 0.3 is 0 Å². The molecule has 0 bridgehead atoms. The Bertz CT molecular complexity index is 1120. The number of fused-ring (bicyclic) bond motifs is 1. The van der Waals surface area contributed by atoms with Crippen LogP contribution in [0.25, 0.3) is 16.7 Å². The Morgan fingerprint density at radius 3 is 2.46 bits per heavy atom. The van der Waals surface area contributed by atoms with E-state index in [1.165, 1.54) is 0 Å². The summed E-state index contributed by atoms with van der Waals surface area (Å²) in [7, 11) is -1.04. The minimum atomic E-state index is -1.04. The Balaban J connectivity index is 1.72. The van der Waals surface area contributed by atoms with Crippen LogP contribution in [0.5, 0.6) is 11.5 Å². The largest absolute Gasteiger partial charge is 0.457 e. The van der Waals surface area contributed by atoms with E-state index >= 15 is 0 Å². The maximum absolute atomic E-state index is 11.7. The first-order valence-electron chi connectivity index (χ1n) is 8.28. The second-order valence-corrected chi connectivity index (χ2v) is 7.39. The van der Waals surface area contributed by atoms with Crippen molar-refractivity contribution in [3.63, 3.8) is 0 Å². The van der Waals surface area contributed by atoms with Crippen LogP contribution in [0.3, 0.4) is 0 Å². The molecule has 1 heterocycles. The average molecular weight is 362 g/mol. The molecule has 0 N–H and O–H groups in total. The van der Waals surface area contributed by atoms with Gasteiger partial charge in [-0.2, -0.15) is 0 Å². The lowest BCUT2D eigenvalue weighted by Crippen LogP contribution is -1.97. The van der Waals surface area contributed by atoms with Crippen LogP contribution in [0.15, 0.2) is 77.7 Å². The lowest BCUT2D eigenvalue weighted by atomic mass is 10.2. The number of imidazole rings is 1. The van der Waals surface area contributed by atoms with Crippen LogP contribution in [0, 0.1) is 6.92 Å². The van der Waals surface area contributed by atoms with Gasteiger partial charge in [0.05, 0.1) is 16.7 Å². The number of para-hydroxylation sites is 2. The Morgan fingerprint density at radius 2 is 1.65 bits per heavy atom. The summed E-state index contributed by atoms with van der Waals surface area (Å²) in [4.78, 5) is 5.37. The highest BCUT2D eigenvalue weighted by Crippen LogP contribution is 2.27. The van der Waals surface area contributed by atoms with Crippen molar-refractivity contribution < 1.29 is 8.95 Å². The van der Waals surface area contributed by atoms with Crippen LogP contribution in [0.1, 0.15) is 5.82 Å². The molecular formula is C21H18N2O2S. The fraction of sp³-hybridized carbons (Fsp3) is 0.0952. The zero-order chi connectivity index (χ0) is 18.1. The molecule has 4 aromatic rings. The molecule has 0 saturated carbocycles. The highest BCUT2D eigenvalue weighted by molar-refractivity contribution is 7.84. The van der Waals surface area contributed by atoms with Gasteiger partial charge in [-0.05, 0) is 49.4 Å². The van der Waals surface area contributed by atoms with Crippen LogP contribution >= 0.6 is 0 Å². The topological polar surface area (TPSA) is 44.1 Å². The Hall–Kier alpha value is -2.92. The molecule has 3 aromatic carbocycles. The predicted molar refractivity (Wildman–Crippen MR) is 105 cm³/mol. The summed E-state index contributed by atoms with van der Waals surface area (Å²) >= 11 is 0. The van der Waals surface area contributed by atoms with Crippen LogP contribution in [0.4, 0.5) is 0 Å². The molecule has 0 radical (unpaired) electrons. The zero-order valence-corrected chi connectivity index (χ0v) is 15.4. The highest BCUT2D eigenvalue weighted by atomic mass is 32.2. The number of rotatable bonds is 4. The lowest BCUT2D eigenvalue weighted by molar-refractivity contribution is 0.481. The summed E-state index contributed by atoms with van der Waals surface area (Å²) in [5.74, 6) is 2.31. The van der Waals surface area contributed by atoms with Crippen LogP contribution in [-0.2, 0) is 10.8 Å². The number of aromatic nitrogens is 2. The molecule has 0 saturated heterocycles. The molecule has 130 valence electrons. The Labute approximate surface area is 154 Å². The number of ether oxygens (including phenoxy) is 1. The van der Waals surface area contributed by atoms with Crippen LogP contribution in [0.2, 0.25) is 0 Å². The van der Waals surface area contributed by atoms with E-state index < -0.39 is 10.8 Å². The number of hydrogen-bond acceptors (Lipinski definition) is 3. The van der Waals surface area contributed by atoms with Crippen molar-refractivity contribution in [1.82, 2.24) is 9.55 Å². The van der Waals surface area contributed by atoms with Gasteiger partial charge in [0.25, 0.3) is 0 Å². The molecule has 0 amide bonds. The van der Waals surface area contributed by atoms with Crippen molar-refractivity contribution in [2.75, 3.05) is 6.26 Å². The highest BCUT2D eigenvalue weighted by Gasteiger charge is 2.10. The minimum Gasteiger partial charge on any atom is -0.457 e. The zero-order valence-electron chi connectivity index (χ0n) is 14.5. The van der Waals surface area contributed by atoms with Crippen molar-refractivity contribution in [2.45, 2.75) is 11.8 Å². The van der Waals surface area contributed by atoms with E-state index in [4.69, 9.17) is 4.74 Å². The first-order valence-corrected chi connectivity index (χ1v) is 9.83. The number of benzene rings is 3. The number of nitrogens with zero attached hydrogens (tertiary/aromatic N) is 2. The molecule has 1 unspecified atom stereocenters. The first kappa shape index (κ1) is 16.5. The van der Waals surface area contributed by atoms with Gasteiger partial charge < -0.3 is 4.74 Å². The molecule has 0 aliphatic carbocycles. The number of hydrogen-bond donors (Lipinski definition) is 0.